The molecule has 0 atom stereocenters. The standard InChI is InChI=1S/C13H17BrN2O2/c1-3-6-15-12(17)8-16-13(18)10-4-5-11(14)9(2)7-10/h4-5,7H,3,6,8H2,1-2H3,(H,15,17)(H,16,18). The largest absolute Gasteiger partial charge is 0.355 e. The highest BCUT2D eigenvalue weighted by atomic mass is 79.9. The fourth-order valence-electron chi connectivity index (χ4n) is 1.38. The summed E-state index contributed by atoms with van der Waals surface area (Å²) in [6, 6.07) is 5.32. The number of rotatable bonds is 5. The second-order valence-corrected chi connectivity index (χ2v) is 4.85. The normalized spacial score (nSPS) is 9.94. The number of nitrogens with one attached hydrogen (secondary N) is 2. The lowest BCUT2D eigenvalue weighted by Gasteiger charge is -2.07. The maximum atomic E-state index is 11.8. The maximum absolute atomic E-state index is 11.8. The molecule has 0 saturated carbocycles. The fourth-order valence-corrected chi connectivity index (χ4v) is 1.62. The van der Waals surface area contributed by atoms with Crippen LogP contribution in [0.4, 0.5) is 0 Å². The number of amides is 2. The predicted molar refractivity (Wildman–Crippen MR) is 74.5 cm³/mol. The van der Waals surface area contributed by atoms with Crippen LogP contribution in [0.5, 0.6) is 0 Å². The summed E-state index contributed by atoms with van der Waals surface area (Å²) in [4.78, 5) is 23.1. The SMILES string of the molecule is CCCNC(=O)CNC(=O)c1ccc(Br)c(C)c1. The highest BCUT2D eigenvalue weighted by Gasteiger charge is 2.08. The predicted octanol–water partition coefficient (Wildman–Crippen LogP) is 2.01. The lowest BCUT2D eigenvalue weighted by molar-refractivity contribution is -0.120. The molecule has 0 aliphatic rings. The van der Waals surface area contributed by atoms with Crippen LogP contribution >= 0.6 is 15.9 Å². The molecule has 5 heteroatoms. The minimum absolute atomic E-state index is 0.00788. The Labute approximate surface area is 115 Å². The molecular formula is C13H17BrN2O2. The molecule has 0 heterocycles. The first-order valence-corrected chi connectivity index (χ1v) is 6.65. The van der Waals surface area contributed by atoms with Crippen molar-refractivity contribution in [3.05, 3.63) is 33.8 Å². The number of hydrogen-bond donors (Lipinski definition) is 2. The van der Waals surface area contributed by atoms with E-state index < -0.39 is 0 Å². The molecule has 2 amide bonds. The van der Waals surface area contributed by atoms with Gasteiger partial charge in [-0.15, -0.1) is 0 Å². The van der Waals surface area contributed by atoms with Crippen molar-refractivity contribution >= 4 is 27.7 Å². The van der Waals surface area contributed by atoms with E-state index >= 15 is 0 Å². The van der Waals surface area contributed by atoms with Gasteiger partial charge in [0, 0.05) is 16.6 Å². The molecule has 0 spiro atoms. The number of carbonyl (C=O) groups excluding carboxylic acids is 2. The van der Waals surface area contributed by atoms with E-state index in [1.54, 1.807) is 12.1 Å². The van der Waals surface area contributed by atoms with Crippen LogP contribution in [-0.4, -0.2) is 24.9 Å². The zero-order valence-corrected chi connectivity index (χ0v) is 12.1. The van der Waals surface area contributed by atoms with Gasteiger partial charge in [0.25, 0.3) is 5.91 Å². The lowest BCUT2D eigenvalue weighted by atomic mass is 10.1. The first-order chi connectivity index (χ1) is 8.54. The highest BCUT2D eigenvalue weighted by molar-refractivity contribution is 9.10. The summed E-state index contributed by atoms with van der Waals surface area (Å²) in [6.45, 7) is 4.53. The van der Waals surface area contributed by atoms with Crippen LogP contribution in [0, 0.1) is 6.92 Å². The van der Waals surface area contributed by atoms with Crippen LogP contribution in [0.15, 0.2) is 22.7 Å². The van der Waals surface area contributed by atoms with Crippen LogP contribution in [-0.2, 0) is 4.79 Å². The Kier molecular flexibility index (Phi) is 5.85. The van der Waals surface area contributed by atoms with Crippen LogP contribution in [0.2, 0.25) is 0 Å². The average molecular weight is 313 g/mol. The molecule has 0 unspecified atom stereocenters. The Bertz CT molecular complexity index is 447. The van der Waals surface area contributed by atoms with Crippen LogP contribution in [0.25, 0.3) is 0 Å². The zero-order valence-electron chi connectivity index (χ0n) is 10.5. The fraction of sp³-hybridized carbons (Fsp3) is 0.385. The van der Waals surface area contributed by atoms with Gasteiger partial charge in [0.05, 0.1) is 6.54 Å². The molecule has 0 aliphatic heterocycles. The van der Waals surface area contributed by atoms with Gasteiger partial charge in [-0.25, -0.2) is 0 Å². The van der Waals surface area contributed by atoms with E-state index in [1.165, 1.54) is 0 Å². The second kappa shape index (κ2) is 7.16. The lowest BCUT2D eigenvalue weighted by Crippen LogP contribution is -2.37. The van der Waals surface area contributed by atoms with Gasteiger partial charge >= 0.3 is 0 Å². The zero-order chi connectivity index (χ0) is 13.5. The Morgan fingerprint density at radius 2 is 2.00 bits per heavy atom. The van der Waals surface area contributed by atoms with E-state index in [9.17, 15) is 9.59 Å². The molecule has 0 fully saturated rings. The number of hydrogen-bond acceptors (Lipinski definition) is 2. The average Bonchev–Trinajstić information content (AvgIpc) is 2.36. The number of carbonyl (C=O) groups is 2. The first kappa shape index (κ1) is 14.7. The summed E-state index contributed by atoms with van der Waals surface area (Å²) in [5.41, 5.74) is 1.54. The molecular weight excluding hydrogens is 296 g/mol. The summed E-state index contributed by atoms with van der Waals surface area (Å²) in [7, 11) is 0. The van der Waals surface area contributed by atoms with Crippen molar-refractivity contribution in [3.8, 4) is 0 Å². The van der Waals surface area contributed by atoms with Gasteiger partial charge in [0.2, 0.25) is 5.91 Å². The molecule has 1 rings (SSSR count). The maximum Gasteiger partial charge on any atom is 0.251 e. The van der Waals surface area contributed by atoms with Crippen LogP contribution < -0.4 is 10.6 Å². The van der Waals surface area contributed by atoms with Gasteiger partial charge in [-0.1, -0.05) is 22.9 Å². The molecule has 2 N–H and O–H groups in total. The van der Waals surface area contributed by atoms with E-state index in [0.717, 1.165) is 16.5 Å². The monoisotopic (exact) mass is 312 g/mol. The quantitative estimate of drug-likeness (QED) is 0.874. The van der Waals surface area contributed by atoms with Crippen LogP contribution in [0.3, 0.4) is 0 Å². The molecule has 4 nitrogen and oxygen atoms in total. The minimum atomic E-state index is -0.239. The summed E-state index contributed by atoms with van der Waals surface area (Å²) >= 11 is 3.37. The summed E-state index contributed by atoms with van der Waals surface area (Å²) in [6.07, 6.45) is 0.881. The van der Waals surface area contributed by atoms with Gasteiger partial charge in [0.15, 0.2) is 0 Å². The summed E-state index contributed by atoms with van der Waals surface area (Å²) in [5, 5.41) is 5.29. The number of benzene rings is 1. The van der Waals surface area contributed by atoms with E-state index in [0.29, 0.717) is 12.1 Å². The Morgan fingerprint density at radius 1 is 1.28 bits per heavy atom. The minimum Gasteiger partial charge on any atom is -0.355 e. The third-order valence-electron chi connectivity index (χ3n) is 2.40. The van der Waals surface area contributed by atoms with Gasteiger partial charge < -0.3 is 10.6 Å². The number of halogens is 1. The van der Waals surface area contributed by atoms with Gasteiger partial charge in [0.1, 0.15) is 0 Å². The van der Waals surface area contributed by atoms with Crippen molar-refractivity contribution in [1.82, 2.24) is 10.6 Å². The molecule has 0 aromatic heterocycles. The molecule has 0 bridgehead atoms. The molecule has 18 heavy (non-hydrogen) atoms. The van der Waals surface area contributed by atoms with Gasteiger partial charge in [-0.2, -0.15) is 0 Å². The molecule has 98 valence electrons. The van der Waals surface area contributed by atoms with E-state index in [-0.39, 0.29) is 18.4 Å². The first-order valence-electron chi connectivity index (χ1n) is 5.85. The molecule has 0 saturated heterocycles. The van der Waals surface area contributed by atoms with E-state index in [4.69, 9.17) is 0 Å². The Hall–Kier alpha value is -1.36. The topological polar surface area (TPSA) is 58.2 Å². The summed E-state index contributed by atoms with van der Waals surface area (Å²) < 4.78 is 0.958. The van der Waals surface area contributed by atoms with Crippen molar-refractivity contribution in [2.75, 3.05) is 13.1 Å². The van der Waals surface area contributed by atoms with E-state index in [2.05, 4.69) is 26.6 Å². The van der Waals surface area contributed by atoms with Crippen molar-refractivity contribution in [2.45, 2.75) is 20.3 Å². The Balaban J connectivity index is 2.50. The van der Waals surface area contributed by atoms with Crippen molar-refractivity contribution in [1.29, 1.82) is 0 Å². The van der Waals surface area contributed by atoms with Crippen molar-refractivity contribution in [3.63, 3.8) is 0 Å². The van der Waals surface area contributed by atoms with Crippen molar-refractivity contribution < 1.29 is 9.59 Å². The highest BCUT2D eigenvalue weighted by Crippen LogP contribution is 2.16. The van der Waals surface area contributed by atoms with Crippen LogP contribution in [0.1, 0.15) is 29.3 Å². The van der Waals surface area contributed by atoms with Gasteiger partial charge in [-0.05, 0) is 37.1 Å². The number of aryl methyl sites for hydroxylation is 1. The van der Waals surface area contributed by atoms with Crippen molar-refractivity contribution in [2.24, 2.45) is 0 Å². The Morgan fingerprint density at radius 3 is 2.61 bits per heavy atom. The third kappa shape index (κ3) is 4.49. The van der Waals surface area contributed by atoms with Gasteiger partial charge in [-0.3, -0.25) is 9.59 Å². The third-order valence-corrected chi connectivity index (χ3v) is 3.29. The molecule has 1 aromatic rings. The second-order valence-electron chi connectivity index (χ2n) is 4.00. The van der Waals surface area contributed by atoms with E-state index in [1.807, 2.05) is 19.9 Å². The smallest absolute Gasteiger partial charge is 0.251 e. The molecule has 1 aromatic carbocycles. The molecule has 0 radical (unpaired) electrons. The molecule has 0 aliphatic carbocycles. The summed E-state index contributed by atoms with van der Waals surface area (Å²) in [5.74, 6) is -0.406.